The summed E-state index contributed by atoms with van der Waals surface area (Å²) in [6.07, 6.45) is 18.5. The fourth-order valence-electron chi connectivity index (χ4n) is 5.20. The minimum atomic E-state index is 0.377. The van der Waals surface area contributed by atoms with Gasteiger partial charge in [0.15, 0.2) is 0 Å². The van der Waals surface area contributed by atoms with Gasteiger partial charge in [-0.15, -0.1) is 0 Å². The Hall–Kier alpha value is -1.88. The van der Waals surface area contributed by atoms with E-state index in [9.17, 15) is 9.59 Å². The maximum Gasteiger partial charge on any atom is 0.222 e. The summed E-state index contributed by atoms with van der Waals surface area (Å²) >= 11 is 0. The van der Waals surface area contributed by atoms with E-state index < -0.39 is 0 Å². The lowest BCUT2D eigenvalue weighted by molar-refractivity contribution is -0.132. The molecule has 3 saturated heterocycles. The highest BCUT2D eigenvalue weighted by molar-refractivity contribution is 5.76. The zero-order valence-corrected chi connectivity index (χ0v) is 22.7. The first-order chi connectivity index (χ1) is 17.2. The predicted octanol–water partition coefficient (Wildman–Crippen LogP) is 6.18. The molecule has 0 radical (unpaired) electrons. The summed E-state index contributed by atoms with van der Waals surface area (Å²) in [5.41, 5.74) is 0.377. The van der Waals surface area contributed by atoms with Crippen LogP contribution in [0, 0.1) is 0 Å². The van der Waals surface area contributed by atoms with Crippen LogP contribution in [0.4, 0.5) is 0 Å². The lowest BCUT2D eigenvalue weighted by Gasteiger charge is -2.31. The molecular weight excluding hydrogens is 434 g/mol. The minimum Gasteiger partial charge on any atom is -0.340 e. The van der Waals surface area contributed by atoms with E-state index in [2.05, 4.69) is 10.2 Å². The molecule has 3 heterocycles. The monoisotopic (exact) mass is 485 g/mol. The smallest absolute Gasteiger partial charge is 0.222 e. The third kappa shape index (κ3) is 9.95. The van der Waals surface area contributed by atoms with Gasteiger partial charge in [-0.05, 0) is 64.8 Å². The molecule has 5 heteroatoms. The van der Waals surface area contributed by atoms with E-state index >= 15 is 0 Å². The second-order valence-corrected chi connectivity index (χ2v) is 10.2. The Bertz CT molecular complexity index is 657. The van der Waals surface area contributed by atoms with Gasteiger partial charge >= 0.3 is 0 Å². The summed E-state index contributed by atoms with van der Waals surface area (Å²) in [7, 11) is 2.04. The summed E-state index contributed by atoms with van der Waals surface area (Å²) in [5.74, 6) is 0.391. The zero-order valence-electron chi connectivity index (χ0n) is 22.7. The first kappa shape index (κ1) is 29.4. The van der Waals surface area contributed by atoms with Gasteiger partial charge in [0.2, 0.25) is 12.3 Å². The molecule has 1 aromatic rings. The van der Waals surface area contributed by atoms with E-state index in [1.54, 1.807) is 0 Å². The second-order valence-electron chi connectivity index (χ2n) is 10.2. The Kier molecular flexibility index (Phi) is 14.0. The summed E-state index contributed by atoms with van der Waals surface area (Å²) in [5, 5.41) is 3.36. The Morgan fingerprint density at radius 2 is 1.43 bits per heavy atom. The molecule has 1 unspecified atom stereocenters. The van der Waals surface area contributed by atoms with Crippen molar-refractivity contribution in [3.05, 3.63) is 36.4 Å². The van der Waals surface area contributed by atoms with E-state index in [1.807, 2.05) is 62.2 Å². The van der Waals surface area contributed by atoms with Gasteiger partial charge in [0, 0.05) is 37.1 Å². The molecule has 3 aliphatic heterocycles. The van der Waals surface area contributed by atoms with Crippen molar-refractivity contribution in [2.75, 3.05) is 20.1 Å². The maximum absolute atomic E-state index is 11.7. The SMILES string of the molecule is C1CCC1.CC.CNC1CCCC(=O)N2CCC[C@@H]2C1.O=CN1CCCC12CC2.c1ccccc1. The van der Waals surface area contributed by atoms with Crippen molar-refractivity contribution in [2.45, 2.75) is 121 Å². The van der Waals surface area contributed by atoms with Gasteiger partial charge in [-0.1, -0.05) is 75.9 Å². The molecule has 1 N–H and O–H groups in total. The van der Waals surface area contributed by atoms with Crippen LogP contribution in [-0.4, -0.2) is 59.9 Å². The number of benzene rings is 1. The van der Waals surface area contributed by atoms with Crippen LogP contribution in [0.5, 0.6) is 0 Å². The highest BCUT2D eigenvalue weighted by Crippen LogP contribution is 2.48. The largest absolute Gasteiger partial charge is 0.340 e. The highest BCUT2D eigenvalue weighted by Gasteiger charge is 2.50. The van der Waals surface area contributed by atoms with Gasteiger partial charge in [-0.25, -0.2) is 0 Å². The van der Waals surface area contributed by atoms with E-state index in [-0.39, 0.29) is 0 Å². The number of nitrogens with one attached hydrogen (secondary N) is 1. The summed E-state index contributed by atoms with van der Waals surface area (Å²) in [6.45, 7) is 6.00. The third-order valence-electron chi connectivity index (χ3n) is 7.88. The van der Waals surface area contributed by atoms with Crippen LogP contribution in [-0.2, 0) is 9.59 Å². The van der Waals surface area contributed by atoms with E-state index in [1.165, 1.54) is 64.2 Å². The summed E-state index contributed by atoms with van der Waals surface area (Å²) in [4.78, 5) is 26.2. The van der Waals surface area contributed by atoms with Crippen molar-refractivity contribution >= 4 is 12.3 Å². The van der Waals surface area contributed by atoms with E-state index in [0.717, 1.165) is 45.2 Å². The van der Waals surface area contributed by atoms with Crippen molar-refractivity contribution in [1.82, 2.24) is 15.1 Å². The lowest BCUT2D eigenvalue weighted by Crippen LogP contribution is -2.42. The molecule has 198 valence electrons. The van der Waals surface area contributed by atoms with Crippen LogP contribution in [0.3, 0.4) is 0 Å². The van der Waals surface area contributed by atoms with Gasteiger partial charge in [-0.2, -0.15) is 0 Å². The lowest BCUT2D eigenvalue weighted by atomic mass is 9.97. The molecule has 35 heavy (non-hydrogen) atoms. The number of rotatable bonds is 2. The van der Waals surface area contributed by atoms with Crippen LogP contribution in [0.25, 0.3) is 0 Å². The standard InChI is InChI=1S/C11H20N2O.C7H11NO.C6H6.C4H8.C2H6/c1-12-9-4-2-6-11(14)13-7-3-5-10(13)8-9;9-6-8-5-1-2-7(8)3-4-7;1-2-4-6-5-3-1;1-2-4-3-1;1-2/h9-10,12H,2-8H2,1H3;6H,1-5H2;1-6H;1-4H2;1-2H3/t9?,10-;;;;/m1..../s1. The van der Waals surface area contributed by atoms with Gasteiger partial charge < -0.3 is 15.1 Å². The van der Waals surface area contributed by atoms with E-state index in [4.69, 9.17) is 0 Å². The normalized spacial score (nSPS) is 25.3. The molecule has 5 fully saturated rings. The predicted molar refractivity (Wildman–Crippen MR) is 146 cm³/mol. The number of amides is 2. The highest BCUT2D eigenvalue weighted by atomic mass is 16.2. The van der Waals surface area contributed by atoms with Gasteiger partial charge in [0.05, 0.1) is 0 Å². The average molecular weight is 486 g/mol. The molecule has 1 spiro atoms. The number of fused-ring (bicyclic) bond motifs is 1. The first-order valence-corrected chi connectivity index (χ1v) is 14.4. The Labute approximate surface area is 215 Å². The Morgan fingerprint density at radius 3 is 1.89 bits per heavy atom. The molecule has 2 aliphatic carbocycles. The quantitative estimate of drug-likeness (QED) is 0.509. The van der Waals surface area contributed by atoms with Crippen LogP contribution in [0.1, 0.15) is 104 Å². The van der Waals surface area contributed by atoms with Crippen molar-refractivity contribution in [3.63, 3.8) is 0 Å². The average Bonchev–Trinajstić information content (AvgIpc) is 3.30. The van der Waals surface area contributed by atoms with Crippen molar-refractivity contribution in [2.24, 2.45) is 0 Å². The van der Waals surface area contributed by atoms with Gasteiger partial charge in [0.25, 0.3) is 0 Å². The van der Waals surface area contributed by atoms with Crippen LogP contribution in [0.2, 0.25) is 0 Å². The number of hydrogen-bond donors (Lipinski definition) is 1. The van der Waals surface area contributed by atoms with Crippen LogP contribution >= 0.6 is 0 Å². The molecule has 2 amide bonds. The molecule has 0 aromatic heterocycles. The van der Waals surface area contributed by atoms with Crippen molar-refractivity contribution in [1.29, 1.82) is 0 Å². The van der Waals surface area contributed by atoms with Crippen molar-refractivity contribution in [3.8, 4) is 0 Å². The number of carbonyl (C=O) groups is 2. The van der Waals surface area contributed by atoms with Crippen LogP contribution < -0.4 is 5.32 Å². The first-order valence-electron chi connectivity index (χ1n) is 14.4. The molecule has 6 rings (SSSR count). The fraction of sp³-hybridized carbons (Fsp3) is 0.733. The molecule has 2 saturated carbocycles. The summed E-state index contributed by atoms with van der Waals surface area (Å²) in [6, 6.07) is 13.1. The molecule has 5 nitrogen and oxygen atoms in total. The number of nitrogens with zero attached hydrogens (tertiary/aromatic N) is 2. The molecular formula is C30H51N3O2. The zero-order chi connectivity index (χ0) is 25.4. The molecule has 2 atom stereocenters. The maximum atomic E-state index is 11.7. The third-order valence-corrected chi connectivity index (χ3v) is 7.88. The molecule has 5 aliphatic rings. The minimum absolute atomic E-state index is 0.377. The van der Waals surface area contributed by atoms with E-state index in [0.29, 0.717) is 23.5 Å². The van der Waals surface area contributed by atoms with Gasteiger partial charge in [-0.3, -0.25) is 9.59 Å². The Balaban J connectivity index is 0.000000176. The van der Waals surface area contributed by atoms with Crippen molar-refractivity contribution < 1.29 is 9.59 Å². The topological polar surface area (TPSA) is 52.7 Å². The Morgan fingerprint density at radius 1 is 0.829 bits per heavy atom. The van der Waals surface area contributed by atoms with Gasteiger partial charge in [0.1, 0.15) is 0 Å². The number of likely N-dealkylation sites (tertiary alicyclic amines) is 1. The molecule has 1 aromatic carbocycles. The van der Waals surface area contributed by atoms with Crippen LogP contribution in [0.15, 0.2) is 36.4 Å². The fourth-order valence-corrected chi connectivity index (χ4v) is 5.20. The number of hydrogen-bond acceptors (Lipinski definition) is 3. The summed E-state index contributed by atoms with van der Waals surface area (Å²) < 4.78 is 0. The number of carbonyl (C=O) groups excluding carboxylic acids is 2. The second kappa shape index (κ2) is 16.7. The molecule has 0 bridgehead atoms.